The van der Waals surface area contributed by atoms with Crippen molar-refractivity contribution in [2.24, 2.45) is 0 Å². The third-order valence-corrected chi connectivity index (χ3v) is 2.37. The molecular formula is C13H19N. The Labute approximate surface area is 86.8 Å². The minimum atomic E-state index is 0.897. The second-order valence-corrected chi connectivity index (χ2v) is 3.93. The van der Waals surface area contributed by atoms with E-state index < -0.39 is 0 Å². The van der Waals surface area contributed by atoms with E-state index in [1.54, 1.807) is 0 Å². The van der Waals surface area contributed by atoms with Gasteiger partial charge in [-0.2, -0.15) is 0 Å². The van der Waals surface area contributed by atoms with Crippen LogP contribution in [0.4, 0.5) is 0 Å². The van der Waals surface area contributed by atoms with E-state index in [2.05, 4.69) is 43.9 Å². The molecular weight excluding hydrogens is 170 g/mol. The molecule has 1 aromatic rings. The molecule has 0 saturated heterocycles. The van der Waals surface area contributed by atoms with Crippen molar-refractivity contribution in [3.8, 4) is 0 Å². The quantitative estimate of drug-likeness (QED) is 0.718. The fourth-order valence-electron chi connectivity index (χ4n) is 1.53. The number of hydrogen-bond acceptors (Lipinski definition) is 1. The molecule has 0 aromatic heterocycles. The second kappa shape index (κ2) is 4.97. The summed E-state index contributed by atoms with van der Waals surface area (Å²) in [5.41, 5.74) is 5.31. The molecule has 14 heavy (non-hydrogen) atoms. The van der Waals surface area contributed by atoms with Gasteiger partial charge in [0.25, 0.3) is 0 Å². The maximum Gasteiger partial charge on any atom is 0.0213 e. The number of benzene rings is 1. The summed E-state index contributed by atoms with van der Waals surface area (Å²) in [6.45, 7) is 12.1. The first-order valence-corrected chi connectivity index (χ1v) is 5.01. The summed E-state index contributed by atoms with van der Waals surface area (Å²) in [4.78, 5) is 0. The van der Waals surface area contributed by atoms with Crippen LogP contribution in [0.2, 0.25) is 0 Å². The molecule has 1 rings (SSSR count). The van der Waals surface area contributed by atoms with Crippen molar-refractivity contribution in [3.63, 3.8) is 0 Å². The van der Waals surface area contributed by atoms with E-state index in [0.29, 0.717) is 0 Å². The number of aryl methyl sites for hydroxylation is 2. The van der Waals surface area contributed by atoms with Crippen molar-refractivity contribution in [1.29, 1.82) is 0 Å². The third-order valence-electron chi connectivity index (χ3n) is 2.37. The molecule has 0 heterocycles. The van der Waals surface area contributed by atoms with E-state index in [9.17, 15) is 0 Å². The van der Waals surface area contributed by atoms with Crippen LogP contribution in [0.15, 0.2) is 30.4 Å². The minimum absolute atomic E-state index is 0.897. The molecule has 0 aliphatic heterocycles. The zero-order valence-electron chi connectivity index (χ0n) is 9.35. The SMILES string of the molecule is C=C(C)CNCc1c(C)cccc1C. The highest BCUT2D eigenvalue weighted by Crippen LogP contribution is 2.12. The number of rotatable bonds is 4. The van der Waals surface area contributed by atoms with Crippen LogP contribution in [0.1, 0.15) is 23.6 Å². The van der Waals surface area contributed by atoms with E-state index in [0.717, 1.165) is 13.1 Å². The third kappa shape index (κ3) is 3.00. The van der Waals surface area contributed by atoms with Crippen LogP contribution < -0.4 is 5.32 Å². The minimum Gasteiger partial charge on any atom is -0.309 e. The van der Waals surface area contributed by atoms with Gasteiger partial charge >= 0.3 is 0 Å². The molecule has 0 fully saturated rings. The summed E-state index contributed by atoms with van der Waals surface area (Å²) < 4.78 is 0. The molecule has 0 bridgehead atoms. The molecule has 1 N–H and O–H groups in total. The van der Waals surface area contributed by atoms with E-state index in [4.69, 9.17) is 0 Å². The van der Waals surface area contributed by atoms with Gasteiger partial charge in [-0.3, -0.25) is 0 Å². The summed E-state index contributed by atoms with van der Waals surface area (Å²) in [7, 11) is 0. The van der Waals surface area contributed by atoms with Gasteiger partial charge in [-0.15, -0.1) is 0 Å². The molecule has 0 spiro atoms. The lowest BCUT2D eigenvalue weighted by molar-refractivity contribution is 0.734. The predicted molar refractivity (Wildman–Crippen MR) is 62.4 cm³/mol. The van der Waals surface area contributed by atoms with Crippen LogP contribution in [0.3, 0.4) is 0 Å². The maximum atomic E-state index is 3.87. The lowest BCUT2D eigenvalue weighted by Gasteiger charge is -2.10. The van der Waals surface area contributed by atoms with Crippen molar-refractivity contribution in [1.82, 2.24) is 5.32 Å². The van der Waals surface area contributed by atoms with Gasteiger partial charge in [-0.25, -0.2) is 0 Å². The van der Waals surface area contributed by atoms with Crippen molar-refractivity contribution < 1.29 is 0 Å². The van der Waals surface area contributed by atoms with E-state index in [1.807, 2.05) is 6.92 Å². The molecule has 0 aliphatic rings. The molecule has 76 valence electrons. The Morgan fingerprint density at radius 2 is 1.86 bits per heavy atom. The monoisotopic (exact) mass is 189 g/mol. The van der Waals surface area contributed by atoms with Crippen LogP contribution in [0.25, 0.3) is 0 Å². The van der Waals surface area contributed by atoms with E-state index in [1.165, 1.54) is 22.3 Å². The lowest BCUT2D eigenvalue weighted by Crippen LogP contribution is -2.16. The highest BCUT2D eigenvalue weighted by Gasteiger charge is 2.00. The van der Waals surface area contributed by atoms with Crippen LogP contribution in [-0.2, 0) is 6.54 Å². The van der Waals surface area contributed by atoms with Gasteiger partial charge in [0, 0.05) is 13.1 Å². The first kappa shape index (κ1) is 11.0. The van der Waals surface area contributed by atoms with Crippen LogP contribution in [0, 0.1) is 13.8 Å². The lowest BCUT2D eigenvalue weighted by atomic mass is 10.0. The molecule has 1 nitrogen and oxygen atoms in total. The fourth-order valence-corrected chi connectivity index (χ4v) is 1.53. The maximum absolute atomic E-state index is 3.87. The van der Waals surface area contributed by atoms with E-state index >= 15 is 0 Å². The van der Waals surface area contributed by atoms with Crippen LogP contribution in [0.5, 0.6) is 0 Å². The molecule has 0 aliphatic carbocycles. The topological polar surface area (TPSA) is 12.0 Å². The summed E-state index contributed by atoms with van der Waals surface area (Å²) in [6.07, 6.45) is 0. The van der Waals surface area contributed by atoms with Gasteiger partial charge in [0.2, 0.25) is 0 Å². The predicted octanol–water partition coefficient (Wildman–Crippen LogP) is 2.97. The van der Waals surface area contributed by atoms with Gasteiger partial charge in [0.15, 0.2) is 0 Å². The summed E-state index contributed by atoms with van der Waals surface area (Å²) in [6, 6.07) is 6.42. The molecule has 0 saturated carbocycles. The number of hydrogen-bond donors (Lipinski definition) is 1. The van der Waals surface area contributed by atoms with Crippen LogP contribution >= 0.6 is 0 Å². The average Bonchev–Trinajstić information content (AvgIpc) is 2.09. The number of nitrogens with one attached hydrogen (secondary N) is 1. The largest absolute Gasteiger partial charge is 0.309 e. The Morgan fingerprint density at radius 3 is 2.36 bits per heavy atom. The molecule has 0 amide bonds. The van der Waals surface area contributed by atoms with Gasteiger partial charge in [0.1, 0.15) is 0 Å². The Kier molecular flexibility index (Phi) is 3.90. The highest BCUT2D eigenvalue weighted by molar-refractivity contribution is 5.33. The molecule has 1 aromatic carbocycles. The Morgan fingerprint density at radius 1 is 1.29 bits per heavy atom. The zero-order chi connectivity index (χ0) is 10.6. The summed E-state index contributed by atoms with van der Waals surface area (Å²) in [5, 5.41) is 3.38. The molecule has 0 unspecified atom stereocenters. The normalized spacial score (nSPS) is 10.2. The zero-order valence-corrected chi connectivity index (χ0v) is 9.35. The van der Waals surface area contributed by atoms with Gasteiger partial charge in [-0.05, 0) is 37.5 Å². The van der Waals surface area contributed by atoms with Crippen molar-refractivity contribution in [2.75, 3.05) is 6.54 Å². The van der Waals surface area contributed by atoms with E-state index in [-0.39, 0.29) is 0 Å². The standard InChI is InChI=1S/C13H19N/c1-10(2)8-14-9-13-11(3)6-5-7-12(13)4/h5-7,14H,1,8-9H2,2-4H3. The summed E-state index contributed by atoms with van der Waals surface area (Å²) >= 11 is 0. The fraction of sp³-hybridized carbons (Fsp3) is 0.385. The molecule has 1 heteroatoms. The van der Waals surface area contributed by atoms with Crippen molar-refractivity contribution in [3.05, 3.63) is 47.0 Å². The van der Waals surface area contributed by atoms with Gasteiger partial charge in [0.05, 0.1) is 0 Å². The Hall–Kier alpha value is -1.08. The van der Waals surface area contributed by atoms with Crippen molar-refractivity contribution in [2.45, 2.75) is 27.3 Å². The van der Waals surface area contributed by atoms with Crippen molar-refractivity contribution >= 4 is 0 Å². The first-order valence-electron chi connectivity index (χ1n) is 5.01. The Balaban J connectivity index is 2.62. The van der Waals surface area contributed by atoms with Gasteiger partial charge < -0.3 is 5.32 Å². The summed E-state index contributed by atoms with van der Waals surface area (Å²) in [5.74, 6) is 0. The molecule has 0 atom stereocenters. The Bertz CT molecular complexity index is 306. The highest BCUT2D eigenvalue weighted by atomic mass is 14.8. The average molecular weight is 189 g/mol. The smallest absolute Gasteiger partial charge is 0.0213 e. The first-order chi connectivity index (χ1) is 6.61. The molecule has 0 radical (unpaired) electrons. The van der Waals surface area contributed by atoms with Crippen LogP contribution in [-0.4, -0.2) is 6.54 Å². The second-order valence-electron chi connectivity index (χ2n) is 3.93. The van der Waals surface area contributed by atoms with Gasteiger partial charge in [-0.1, -0.05) is 30.4 Å².